The van der Waals surface area contributed by atoms with Crippen LogP contribution in [0.4, 0.5) is 0 Å². The summed E-state index contributed by atoms with van der Waals surface area (Å²) < 4.78 is 3.72. The molecule has 0 unspecified atom stereocenters. The van der Waals surface area contributed by atoms with E-state index in [2.05, 4.69) is 16.2 Å². The van der Waals surface area contributed by atoms with Gasteiger partial charge in [-0.1, -0.05) is 10.1 Å². The molecule has 1 rings (SSSR count). The molecule has 0 bridgehead atoms. The molecule has 0 aromatic carbocycles. The van der Waals surface area contributed by atoms with Crippen molar-refractivity contribution >= 4 is 17.3 Å². The maximum atomic E-state index is 11.5. The smallest absolute Gasteiger partial charge is 0.176 e. The number of carbonyl (C=O) groups is 1. The minimum atomic E-state index is 0.121. The van der Waals surface area contributed by atoms with Gasteiger partial charge in [-0.2, -0.15) is 0 Å². The van der Waals surface area contributed by atoms with Gasteiger partial charge in [0.1, 0.15) is 4.88 Å². The van der Waals surface area contributed by atoms with Gasteiger partial charge >= 0.3 is 0 Å². The number of aromatic nitrogens is 2. The largest absolute Gasteiger partial charge is 0.293 e. The molecule has 0 aliphatic carbocycles. The van der Waals surface area contributed by atoms with Gasteiger partial charge in [-0.25, -0.2) is 0 Å². The zero-order valence-corrected chi connectivity index (χ0v) is 8.65. The molecule has 0 amide bonds. The zero-order valence-electron chi connectivity index (χ0n) is 7.83. The molecule has 3 nitrogen and oxygen atoms in total. The first-order chi connectivity index (χ1) is 6.11. The van der Waals surface area contributed by atoms with Crippen LogP contribution in [-0.4, -0.2) is 15.4 Å². The van der Waals surface area contributed by atoms with E-state index in [0.717, 1.165) is 17.7 Å². The van der Waals surface area contributed by atoms with Crippen molar-refractivity contribution < 1.29 is 4.79 Å². The molecule has 1 heterocycles. The summed E-state index contributed by atoms with van der Waals surface area (Å²) in [6.45, 7) is 7.48. The fraction of sp³-hybridized carbons (Fsp3) is 0.444. The number of ketones is 1. The predicted octanol–water partition coefficient (Wildman–Crippen LogP) is 2.39. The summed E-state index contributed by atoms with van der Waals surface area (Å²) in [5.74, 6) is 0.121. The second-order valence-corrected chi connectivity index (χ2v) is 3.82. The fourth-order valence-corrected chi connectivity index (χ4v) is 1.55. The van der Waals surface area contributed by atoms with E-state index in [-0.39, 0.29) is 5.78 Å². The number of Topliss-reactive ketones (excluding diaryl/α,β-unsaturated/α-hetero) is 1. The van der Waals surface area contributed by atoms with Gasteiger partial charge in [0, 0.05) is 6.42 Å². The second-order valence-electron chi connectivity index (χ2n) is 3.07. The second kappa shape index (κ2) is 4.28. The van der Waals surface area contributed by atoms with Crippen LogP contribution >= 0.6 is 11.5 Å². The van der Waals surface area contributed by atoms with Gasteiger partial charge in [0.05, 0.1) is 5.69 Å². The molecular formula is C9H12N2OS. The average Bonchev–Trinajstić information content (AvgIpc) is 2.47. The highest BCUT2D eigenvalue weighted by molar-refractivity contribution is 7.08. The zero-order chi connectivity index (χ0) is 9.84. The van der Waals surface area contributed by atoms with Gasteiger partial charge < -0.3 is 0 Å². The first-order valence-corrected chi connectivity index (χ1v) is 4.85. The summed E-state index contributed by atoms with van der Waals surface area (Å²) >= 11 is 1.17. The van der Waals surface area contributed by atoms with Crippen molar-refractivity contribution in [2.75, 3.05) is 0 Å². The lowest BCUT2D eigenvalue weighted by Gasteiger charge is -1.97. The molecular weight excluding hydrogens is 184 g/mol. The number of hydrogen-bond donors (Lipinski definition) is 0. The molecule has 0 aliphatic rings. The van der Waals surface area contributed by atoms with Crippen molar-refractivity contribution in [1.29, 1.82) is 0 Å². The lowest BCUT2D eigenvalue weighted by Crippen LogP contribution is -1.98. The van der Waals surface area contributed by atoms with E-state index in [9.17, 15) is 4.79 Å². The lowest BCUT2D eigenvalue weighted by molar-refractivity contribution is 0.0986. The molecule has 0 spiro atoms. The topological polar surface area (TPSA) is 42.9 Å². The van der Waals surface area contributed by atoms with Crippen LogP contribution in [0.1, 0.15) is 35.1 Å². The monoisotopic (exact) mass is 196 g/mol. The van der Waals surface area contributed by atoms with Crippen LogP contribution in [0.2, 0.25) is 0 Å². The molecule has 1 aromatic rings. The normalized spacial score (nSPS) is 10.0. The van der Waals surface area contributed by atoms with E-state index in [1.807, 2.05) is 6.92 Å². The van der Waals surface area contributed by atoms with Crippen molar-refractivity contribution in [3.8, 4) is 0 Å². The molecule has 0 saturated carbocycles. The van der Waals surface area contributed by atoms with E-state index in [1.165, 1.54) is 11.5 Å². The van der Waals surface area contributed by atoms with Crippen LogP contribution in [0.3, 0.4) is 0 Å². The Hall–Kier alpha value is -1.03. The van der Waals surface area contributed by atoms with Crippen LogP contribution < -0.4 is 0 Å². The predicted molar refractivity (Wildman–Crippen MR) is 53.0 cm³/mol. The summed E-state index contributed by atoms with van der Waals surface area (Å²) in [7, 11) is 0. The molecule has 0 atom stereocenters. The quantitative estimate of drug-likeness (QED) is 0.548. The van der Waals surface area contributed by atoms with Crippen LogP contribution in [0.15, 0.2) is 12.2 Å². The van der Waals surface area contributed by atoms with E-state index < -0.39 is 0 Å². The number of carbonyl (C=O) groups excluding carboxylic acids is 1. The molecule has 0 saturated heterocycles. The number of allylic oxidation sites excluding steroid dienone is 1. The number of rotatable bonds is 4. The van der Waals surface area contributed by atoms with Crippen molar-refractivity contribution in [2.45, 2.75) is 26.7 Å². The standard InChI is InChI=1S/C9H12N2OS/c1-6(2)4-5-8(12)9-7(3)10-11-13-9/h1,4-5H2,2-3H3. The maximum absolute atomic E-state index is 11.5. The molecule has 0 N–H and O–H groups in total. The Kier molecular flexibility index (Phi) is 3.31. The SMILES string of the molecule is C=C(C)CCC(=O)c1snnc1C. The molecule has 0 radical (unpaired) electrons. The average molecular weight is 196 g/mol. The van der Waals surface area contributed by atoms with E-state index in [0.29, 0.717) is 11.3 Å². The highest BCUT2D eigenvalue weighted by atomic mass is 32.1. The molecule has 4 heteroatoms. The Morgan fingerprint density at radius 3 is 2.69 bits per heavy atom. The highest BCUT2D eigenvalue weighted by Crippen LogP contribution is 2.14. The Balaban J connectivity index is 2.59. The van der Waals surface area contributed by atoms with Crippen molar-refractivity contribution in [3.63, 3.8) is 0 Å². The van der Waals surface area contributed by atoms with Crippen LogP contribution in [0.5, 0.6) is 0 Å². The van der Waals surface area contributed by atoms with E-state index in [1.54, 1.807) is 6.92 Å². The molecule has 1 aromatic heterocycles. The fourth-order valence-electron chi connectivity index (χ4n) is 0.927. The summed E-state index contributed by atoms with van der Waals surface area (Å²) in [5.41, 5.74) is 1.76. The van der Waals surface area contributed by atoms with Crippen LogP contribution in [-0.2, 0) is 0 Å². The number of hydrogen-bond acceptors (Lipinski definition) is 4. The molecule has 0 aliphatic heterocycles. The van der Waals surface area contributed by atoms with Crippen molar-refractivity contribution in [1.82, 2.24) is 9.59 Å². The van der Waals surface area contributed by atoms with Crippen molar-refractivity contribution in [2.24, 2.45) is 0 Å². The summed E-state index contributed by atoms with van der Waals surface area (Å²) in [4.78, 5) is 12.2. The Morgan fingerprint density at radius 2 is 2.23 bits per heavy atom. The lowest BCUT2D eigenvalue weighted by atomic mass is 10.1. The number of aryl methyl sites for hydroxylation is 1. The summed E-state index contributed by atoms with van der Waals surface area (Å²) in [6, 6.07) is 0. The first-order valence-electron chi connectivity index (χ1n) is 4.08. The third-order valence-corrected chi connectivity index (χ3v) is 2.55. The van der Waals surface area contributed by atoms with Gasteiger partial charge in [0.25, 0.3) is 0 Å². The number of nitrogens with zero attached hydrogens (tertiary/aromatic N) is 2. The van der Waals surface area contributed by atoms with Gasteiger partial charge in [0.15, 0.2) is 5.78 Å². The van der Waals surface area contributed by atoms with Gasteiger partial charge in [0.2, 0.25) is 0 Å². The Morgan fingerprint density at radius 1 is 1.54 bits per heavy atom. The molecule has 0 fully saturated rings. The van der Waals surface area contributed by atoms with Crippen molar-refractivity contribution in [3.05, 3.63) is 22.7 Å². The van der Waals surface area contributed by atoms with Crippen LogP contribution in [0, 0.1) is 6.92 Å². The third kappa shape index (κ3) is 2.73. The van der Waals surface area contributed by atoms with E-state index in [4.69, 9.17) is 0 Å². The van der Waals surface area contributed by atoms with Gasteiger partial charge in [-0.05, 0) is 31.8 Å². The highest BCUT2D eigenvalue weighted by Gasteiger charge is 2.12. The minimum absolute atomic E-state index is 0.121. The minimum Gasteiger partial charge on any atom is -0.293 e. The maximum Gasteiger partial charge on any atom is 0.176 e. The Bertz CT molecular complexity index is 330. The summed E-state index contributed by atoms with van der Waals surface area (Å²) in [6.07, 6.45) is 1.26. The third-order valence-electron chi connectivity index (χ3n) is 1.68. The Labute approximate surface area is 81.6 Å². The first kappa shape index (κ1) is 10.1. The molecule has 13 heavy (non-hydrogen) atoms. The molecule has 70 valence electrons. The van der Waals surface area contributed by atoms with Crippen LogP contribution in [0.25, 0.3) is 0 Å². The van der Waals surface area contributed by atoms with E-state index >= 15 is 0 Å². The summed E-state index contributed by atoms with van der Waals surface area (Å²) in [5, 5.41) is 3.79. The van der Waals surface area contributed by atoms with Gasteiger partial charge in [-0.3, -0.25) is 4.79 Å². The van der Waals surface area contributed by atoms with Gasteiger partial charge in [-0.15, -0.1) is 11.7 Å².